The lowest BCUT2D eigenvalue weighted by atomic mass is 10.0. The van der Waals surface area contributed by atoms with Crippen molar-refractivity contribution in [3.05, 3.63) is 66.2 Å². The molecule has 0 fully saturated rings. The molecule has 0 atom stereocenters. The predicted octanol–water partition coefficient (Wildman–Crippen LogP) is 4.69. The summed E-state index contributed by atoms with van der Waals surface area (Å²) in [5.41, 5.74) is 4.52. The summed E-state index contributed by atoms with van der Waals surface area (Å²) in [6.45, 7) is 2.10. The SMILES string of the molecule is Cc1ccc(-c2n[nH]c3cc4ccccc4cc23)cc1. The number of benzene rings is 3. The molecule has 0 aliphatic carbocycles. The van der Waals surface area contributed by atoms with Crippen molar-refractivity contribution in [2.75, 3.05) is 0 Å². The highest BCUT2D eigenvalue weighted by Crippen LogP contribution is 2.29. The molecule has 2 heteroatoms. The third kappa shape index (κ3) is 1.69. The second-order valence-electron chi connectivity index (χ2n) is 5.18. The van der Waals surface area contributed by atoms with Crippen LogP contribution in [0.5, 0.6) is 0 Å². The molecule has 1 aromatic heterocycles. The summed E-state index contributed by atoms with van der Waals surface area (Å²) < 4.78 is 0. The van der Waals surface area contributed by atoms with E-state index >= 15 is 0 Å². The average molecular weight is 258 g/mol. The minimum absolute atomic E-state index is 1.02. The Labute approximate surface area is 117 Å². The molecule has 96 valence electrons. The molecule has 2 nitrogen and oxygen atoms in total. The van der Waals surface area contributed by atoms with Crippen LogP contribution < -0.4 is 0 Å². The van der Waals surface area contributed by atoms with Crippen molar-refractivity contribution in [1.29, 1.82) is 0 Å². The molecule has 4 aromatic rings. The normalized spacial score (nSPS) is 11.2. The molecular formula is C18H14N2. The van der Waals surface area contributed by atoms with Gasteiger partial charge in [-0.15, -0.1) is 0 Å². The van der Waals surface area contributed by atoms with Crippen LogP contribution in [0, 0.1) is 6.92 Å². The predicted molar refractivity (Wildman–Crippen MR) is 83.8 cm³/mol. The number of nitrogens with one attached hydrogen (secondary N) is 1. The van der Waals surface area contributed by atoms with E-state index in [1.807, 2.05) is 0 Å². The summed E-state index contributed by atoms with van der Waals surface area (Å²) in [6, 6.07) is 21.3. The first-order chi connectivity index (χ1) is 9.81. The van der Waals surface area contributed by atoms with E-state index in [4.69, 9.17) is 0 Å². The molecule has 0 unspecified atom stereocenters. The van der Waals surface area contributed by atoms with E-state index in [9.17, 15) is 0 Å². The first-order valence-electron chi connectivity index (χ1n) is 6.75. The summed E-state index contributed by atoms with van der Waals surface area (Å²) in [6.07, 6.45) is 0. The molecule has 1 N–H and O–H groups in total. The molecular weight excluding hydrogens is 244 g/mol. The largest absolute Gasteiger partial charge is 0.277 e. The van der Waals surface area contributed by atoms with Crippen molar-refractivity contribution in [2.45, 2.75) is 6.92 Å². The summed E-state index contributed by atoms with van der Waals surface area (Å²) in [5, 5.41) is 11.3. The molecule has 0 spiro atoms. The zero-order chi connectivity index (χ0) is 13.5. The number of fused-ring (bicyclic) bond motifs is 2. The minimum atomic E-state index is 1.02. The van der Waals surface area contributed by atoms with Crippen LogP contribution in [0.25, 0.3) is 32.9 Å². The summed E-state index contributed by atoms with van der Waals surface area (Å²) >= 11 is 0. The zero-order valence-electron chi connectivity index (χ0n) is 11.2. The molecule has 1 heterocycles. The molecule has 0 aliphatic heterocycles. The number of aromatic amines is 1. The molecule has 0 amide bonds. The first-order valence-corrected chi connectivity index (χ1v) is 6.75. The highest BCUT2D eigenvalue weighted by Gasteiger charge is 2.08. The highest BCUT2D eigenvalue weighted by atomic mass is 15.1. The van der Waals surface area contributed by atoms with Crippen molar-refractivity contribution in [1.82, 2.24) is 10.2 Å². The van der Waals surface area contributed by atoms with Crippen LogP contribution in [0.15, 0.2) is 60.7 Å². The molecule has 3 aromatic carbocycles. The zero-order valence-corrected chi connectivity index (χ0v) is 11.2. The fourth-order valence-electron chi connectivity index (χ4n) is 2.64. The third-order valence-electron chi connectivity index (χ3n) is 3.75. The average Bonchev–Trinajstić information content (AvgIpc) is 2.88. The standard InChI is InChI=1S/C18H14N2/c1-12-6-8-13(9-7-12)18-16-10-14-4-2-3-5-15(14)11-17(16)19-20-18/h2-11H,1H3,(H,19,20). The number of aromatic nitrogens is 2. The smallest absolute Gasteiger partial charge is 0.0999 e. The van der Waals surface area contributed by atoms with E-state index < -0.39 is 0 Å². The minimum Gasteiger partial charge on any atom is -0.277 e. The Balaban J connectivity index is 2.00. The van der Waals surface area contributed by atoms with Gasteiger partial charge in [-0.2, -0.15) is 5.10 Å². The van der Waals surface area contributed by atoms with Gasteiger partial charge in [0.1, 0.15) is 0 Å². The number of nitrogens with zero attached hydrogens (tertiary/aromatic N) is 1. The van der Waals surface area contributed by atoms with Crippen LogP contribution in [0.4, 0.5) is 0 Å². The van der Waals surface area contributed by atoms with Gasteiger partial charge in [-0.3, -0.25) is 5.10 Å². The number of rotatable bonds is 1. The Morgan fingerprint density at radius 1 is 0.850 bits per heavy atom. The maximum absolute atomic E-state index is 4.49. The third-order valence-corrected chi connectivity index (χ3v) is 3.75. The Morgan fingerprint density at radius 2 is 1.55 bits per heavy atom. The number of aryl methyl sites for hydroxylation is 1. The van der Waals surface area contributed by atoms with E-state index in [2.05, 4.69) is 77.8 Å². The molecule has 0 aliphatic rings. The molecule has 0 radical (unpaired) electrons. The van der Waals surface area contributed by atoms with Gasteiger partial charge in [-0.05, 0) is 29.8 Å². The molecule has 0 bridgehead atoms. The van der Waals surface area contributed by atoms with E-state index in [1.54, 1.807) is 0 Å². The van der Waals surface area contributed by atoms with Gasteiger partial charge in [-0.1, -0.05) is 54.1 Å². The summed E-state index contributed by atoms with van der Waals surface area (Å²) in [4.78, 5) is 0. The van der Waals surface area contributed by atoms with Crippen LogP contribution in [0.3, 0.4) is 0 Å². The first kappa shape index (κ1) is 11.2. The lowest BCUT2D eigenvalue weighted by molar-refractivity contribution is 1.12. The number of hydrogen-bond donors (Lipinski definition) is 1. The fourth-order valence-corrected chi connectivity index (χ4v) is 2.64. The Morgan fingerprint density at radius 3 is 2.30 bits per heavy atom. The van der Waals surface area contributed by atoms with Crippen LogP contribution in [-0.2, 0) is 0 Å². The van der Waals surface area contributed by atoms with Crippen LogP contribution in [0.2, 0.25) is 0 Å². The van der Waals surface area contributed by atoms with Gasteiger partial charge < -0.3 is 0 Å². The summed E-state index contributed by atoms with van der Waals surface area (Å²) in [7, 11) is 0. The van der Waals surface area contributed by atoms with Crippen molar-refractivity contribution < 1.29 is 0 Å². The van der Waals surface area contributed by atoms with Crippen molar-refractivity contribution in [2.24, 2.45) is 0 Å². The van der Waals surface area contributed by atoms with Crippen LogP contribution in [-0.4, -0.2) is 10.2 Å². The van der Waals surface area contributed by atoms with Gasteiger partial charge in [0.05, 0.1) is 11.2 Å². The van der Waals surface area contributed by atoms with Crippen molar-refractivity contribution in [3.8, 4) is 11.3 Å². The van der Waals surface area contributed by atoms with Gasteiger partial charge >= 0.3 is 0 Å². The van der Waals surface area contributed by atoms with Gasteiger partial charge in [0, 0.05) is 10.9 Å². The van der Waals surface area contributed by atoms with Crippen LogP contribution >= 0.6 is 0 Å². The Bertz CT molecular complexity index is 902. The monoisotopic (exact) mass is 258 g/mol. The van der Waals surface area contributed by atoms with E-state index in [-0.39, 0.29) is 0 Å². The van der Waals surface area contributed by atoms with E-state index in [0.29, 0.717) is 0 Å². The van der Waals surface area contributed by atoms with E-state index in [0.717, 1.165) is 16.8 Å². The molecule has 20 heavy (non-hydrogen) atoms. The quantitative estimate of drug-likeness (QED) is 0.527. The second-order valence-corrected chi connectivity index (χ2v) is 5.18. The Hall–Kier alpha value is -2.61. The number of H-pyrrole nitrogens is 1. The van der Waals surface area contributed by atoms with Crippen LogP contribution in [0.1, 0.15) is 5.56 Å². The van der Waals surface area contributed by atoms with Gasteiger partial charge in [0.2, 0.25) is 0 Å². The molecule has 0 saturated carbocycles. The Kier molecular flexibility index (Phi) is 2.36. The second kappa shape index (κ2) is 4.20. The fraction of sp³-hybridized carbons (Fsp3) is 0.0556. The van der Waals surface area contributed by atoms with Crippen molar-refractivity contribution in [3.63, 3.8) is 0 Å². The topological polar surface area (TPSA) is 28.7 Å². The molecule has 4 rings (SSSR count). The van der Waals surface area contributed by atoms with E-state index in [1.165, 1.54) is 21.7 Å². The van der Waals surface area contributed by atoms with Gasteiger partial charge in [0.25, 0.3) is 0 Å². The summed E-state index contributed by atoms with van der Waals surface area (Å²) in [5.74, 6) is 0. The van der Waals surface area contributed by atoms with Gasteiger partial charge in [0.15, 0.2) is 0 Å². The molecule has 0 saturated heterocycles. The maximum atomic E-state index is 4.49. The highest BCUT2D eigenvalue weighted by molar-refractivity contribution is 6.02. The lowest BCUT2D eigenvalue weighted by Gasteiger charge is -2.01. The lowest BCUT2D eigenvalue weighted by Crippen LogP contribution is -1.80. The number of hydrogen-bond acceptors (Lipinski definition) is 1. The van der Waals surface area contributed by atoms with Crippen molar-refractivity contribution >= 4 is 21.7 Å². The maximum Gasteiger partial charge on any atom is 0.0999 e. The van der Waals surface area contributed by atoms with Gasteiger partial charge in [-0.25, -0.2) is 0 Å².